The molecule has 3 aliphatic rings. The summed E-state index contributed by atoms with van der Waals surface area (Å²) in [7, 11) is 0. The van der Waals surface area contributed by atoms with Crippen molar-refractivity contribution in [1.82, 2.24) is 21.5 Å². The van der Waals surface area contributed by atoms with E-state index in [0.29, 0.717) is 38.1 Å². The number of hydrogen-bond acceptors (Lipinski definition) is 4. The smallest absolute Gasteiger partial charge is 0.229 e. The molecule has 0 spiro atoms. The molecule has 10 heteroatoms. The van der Waals surface area contributed by atoms with Crippen LogP contribution in [0.5, 0.6) is 0 Å². The third kappa shape index (κ3) is 7.22. The van der Waals surface area contributed by atoms with E-state index in [-0.39, 0.29) is 42.4 Å². The molecule has 3 fully saturated rings. The van der Waals surface area contributed by atoms with Gasteiger partial charge in [-0.3, -0.25) is 15.5 Å². The third-order valence-corrected chi connectivity index (χ3v) is 6.69. The Morgan fingerprint density at radius 3 is 2.29 bits per heavy atom. The van der Waals surface area contributed by atoms with E-state index in [2.05, 4.69) is 26.5 Å². The van der Waals surface area contributed by atoms with E-state index in [1.54, 1.807) is 0 Å². The number of guanidine groups is 1. The van der Waals surface area contributed by atoms with Gasteiger partial charge in [-0.2, -0.15) is 0 Å². The van der Waals surface area contributed by atoms with Crippen LogP contribution in [0.4, 0.5) is 13.2 Å². The highest BCUT2D eigenvalue weighted by Crippen LogP contribution is 2.33. The number of hydrogen-bond donors (Lipinski definition) is 4. The highest BCUT2D eigenvalue weighted by molar-refractivity contribution is 6.21. The molecule has 2 aliphatic carbocycles. The number of nitrogens with one attached hydrogen (secondary N) is 4. The molecule has 0 aromatic carbocycles. The quantitative estimate of drug-likeness (QED) is 0.293. The number of hydrazine groups is 1. The van der Waals surface area contributed by atoms with Crippen LogP contribution in [0.25, 0.3) is 0 Å². The highest BCUT2D eigenvalue weighted by atomic mass is 35.5. The van der Waals surface area contributed by atoms with E-state index >= 15 is 0 Å². The van der Waals surface area contributed by atoms with Gasteiger partial charge in [-0.15, -0.1) is 11.6 Å². The molecule has 7 atom stereocenters. The molecule has 7 unspecified atom stereocenters. The van der Waals surface area contributed by atoms with E-state index < -0.39 is 29.8 Å². The number of aliphatic imine (C=N–C) groups is 1. The Labute approximate surface area is 187 Å². The summed E-state index contributed by atoms with van der Waals surface area (Å²) in [5.41, 5.74) is 5.82. The summed E-state index contributed by atoms with van der Waals surface area (Å²) in [6.45, 7) is 5.83. The summed E-state index contributed by atoms with van der Waals surface area (Å²) >= 11 is 5.93. The molecule has 6 nitrogen and oxygen atoms in total. The normalized spacial score (nSPS) is 39.9. The van der Waals surface area contributed by atoms with Crippen molar-refractivity contribution in [3.63, 3.8) is 0 Å². The summed E-state index contributed by atoms with van der Waals surface area (Å²) in [6.07, 6.45) is -1.47. The topological polar surface area (TPSA) is 77.6 Å². The number of carbonyl (C=O) groups is 1. The van der Waals surface area contributed by atoms with E-state index in [1.807, 2.05) is 20.8 Å². The molecular formula is C21H35ClF3N5O. The van der Waals surface area contributed by atoms with Crippen molar-refractivity contribution >= 4 is 23.5 Å². The first-order valence-corrected chi connectivity index (χ1v) is 11.7. The van der Waals surface area contributed by atoms with Gasteiger partial charge in [-0.25, -0.2) is 23.6 Å². The molecule has 31 heavy (non-hydrogen) atoms. The van der Waals surface area contributed by atoms with Gasteiger partial charge in [0.2, 0.25) is 5.91 Å². The zero-order chi connectivity index (χ0) is 22.8. The molecule has 1 amide bonds. The third-order valence-electron chi connectivity index (χ3n) is 6.19. The van der Waals surface area contributed by atoms with Crippen LogP contribution < -0.4 is 21.5 Å². The minimum absolute atomic E-state index is 0.0186. The van der Waals surface area contributed by atoms with Crippen molar-refractivity contribution in [2.45, 2.75) is 107 Å². The minimum Gasteiger partial charge on any atom is -0.351 e. The number of amides is 1. The van der Waals surface area contributed by atoms with Crippen molar-refractivity contribution in [2.24, 2.45) is 16.8 Å². The summed E-state index contributed by atoms with van der Waals surface area (Å²) < 4.78 is 41.6. The highest BCUT2D eigenvalue weighted by Gasteiger charge is 2.38. The van der Waals surface area contributed by atoms with Crippen LogP contribution in [-0.4, -0.2) is 53.5 Å². The van der Waals surface area contributed by atoms with Crippen LogP contribution in [0.15, 0.2) is 4.99 Å². The second kappa shape index (κ2) is 10.3. The maximum atomic E-state index is 14.0. The zero-order valence-electron chi connectivity index (χ0n) is 18.4. The summed E-state index contributed by atoms with van der Waals surface area (Å²) in [4.78, 5) is 17.3. The molecule has 1 aliphatic heterocycles. The van der Waals surface area contributed by atoms with Gasteiger partial charge in [0.25, 0.3) is 0 Å². The second-order valence-corrected chi connectivity index (χ2v) is 10.8. The first kappa shape index (κ1) is 24.6. The molecular weight excluding hydrogens is 431 g/mol. The molecule has 1 saturated heterocycles. The fourth-order valence-corrected chi connectivity index (χ4v) is 4.88. The largest absolute Gasteiger partial charge is 0.351 e. The van der Waals surface area contributed by atoms with Gasteiger partial charge in [-0.05, 0) is 58.8 Å². The van der Waals surface area contributed by atoms with E-state index in [0.717, 1.165) is 0 Å². The van der Waals surface area contributed by atoms with E-state index in [1.165, 1.54) is 0 Å². The number of rotatable bonds is 3. The van der Waals surface area contributed by atoms with Crippen LogP contribution in [0, 0.1) is 11.8 Å². The molecule has 3 rings (SSSR count). The van der Waals surface area contributed by atoms with E-state index in [9.17, 15) is 18.0 Å². The Hall–Kier alpha value is -1.06. The van der Waals surface area contributed by atoms with Gasteiger partial charge in [-0.1, -0.05) is 0 Å². The average Bonchev–Trinajstić information content (AvgIpc) is 3.10. The molecule has 0 aromatic rings. The number of halogens is 4. The monoisotopic (exact) mass is 465 g/mol. The second-order valence-electron chi connectivity index (χ2n) is 10.2. The summed E-state index contributed by atoms with van der Waals surface area (Å²) in [5, 5.41) is 5.47. The first-order valence-electron chi connectivity index (χ1n) is 11.2. The van der Waals surface area contributed by atoms with Gasteiger partial charge in [0.1, 0.15) is 24.7 Å². The Bertz CT molecular complexity index is 651. The molecule has 1 heterocycles. The van der Waals surface area contributed by atoms with Crippen molar-refractivity contribution < 1.29 is 18.0 Å². The fourth-order valence-electron chi connectivity index (χ4n) is 4.65. The number of carbonyl (C=O) groups excluding carboxylic acids is 1. The molecule has 0 aromatic heterocycles. The summed E-state index contributed by atoms with van der Waals surface area (Å²) in [5.74, 6) is -0.537. The van der Waals surface area contributed by atoms with Gasteiger partial charge in [0.15, 0.2) is 5.96 Å². The molecule has 178 valence electrons. The molecule has 4 N–H and O–H groups in total. The van der Waals surface area contributed by atoms with Crippen LogP contribution in [0.2, 0.25) is 0 Å². The Balaban J connectivity index is 1.62. The lowest BCUT2D eigenvalue weighted by Crippen LogP contribution is -2.52. The van der Waals surface area contributed by atoms with Crippen LogP contribution in [-0.2, 0) is 4.79 Å². The van der Waals surface area contributed by atoms with Gasteiger partial charge in [0.05, 0.1) is 5.38 Å². The maximum Gasteiger partial charge on any atom is 0.229 e. The lowest BCUT2D eigenvalue weighted by molar-refractivity contribution is -0.125. The fraction of sp³-hybridized carbons (Fsp3) is 0.905. The lowest BCUT2D eigenvalue weighted by atomic mass is 9.81. The predicted octanol–water partition coefficient (Wildman–Crippen LogP) is 3.26. The predicted molar refractivity (Wildman–Crippen MR) is 116 cm³/mol. The lowest BCUT2D eigenvalue weighted by Gasteiger charge is -2.31. The first-order chi connectivity index (χ1) is 14.5. The van der Waals surface area contributed by atoms with Crippen molar-refractivity contribution in [2.75, 3.05) is 0 Å². The SMILES string of the molecule is CC(C)(C)N/C(=N\C1CC(C2CC(F)CC(F)C2)NN1)NC(=O)C1CCC(Cl)C(F)C1. The van der Waals surface area contributed by atoms with Crippen LogP contribution in [0.3, 0.4) is 0 Å². The average molecular weight is 466 g/mol. The van der Waals surface area contributed by atoms with Crippen molar-refractivity contribution in [1.29, 1.82) is 0 Å². The standard InChI is InChI=1S/C21H35ClF3N5O/c1-21(2,3)28-20(27-19(31)11-4-5-15(22)16(25)8-11)26-18-10-17(29-30-18)12-6-13(23)9-14(24)7-12/h11-18,29-30H,4-10H2,1-3H3,(H2,26,27,28,31). The molecule has 2 saturated carbocycles. The van der Waals surface area contributed by atoms with Crippen molar-refractivity contribution in [3.05, 3.63) is 0 Å². The minimum atomic E-state index is -1.20. The van der Waals surface area contributed by atoms with E-state index in [4.69, 9.17) is 11.6 Å². The molecule has 0 bridgehead atoms. The maximum absolute atomic E-state index is 14.0. The Morgan fingerprint density at radius 1 is 1.00 bits per heavy atom. The number of nitrogens with zero attached hydrogens (tertiary/aromatic N) is 1. The Kier molecular flexibility index (Phi) is 8.13. The summed E-state index contributed by atoms with van der Waals surface area (Å²) in [6, 6.07) is -0.0940. The van der Waals surface area contributed by atoms with Gasteiger partial charge < -0.3 is 5.32 Å². The van der Waals surface area contributed by atoms with Crippen molar-refractivity contribution in [3.8, 4) is 0 Å². The molecule has 0 radical (unpaired) electrons. The number of alkyl halides is 4. The zero-order valence-corrected chi connectivity index (χ0v) is 19.2. The van der Waals surface area contributed by atoms with Gasteiger partial charge in [0, 0.05) is 30.3 Å². The van der Waals surface area contributed by atoms with Crippen LogP contribution in [0.1, 0.15) is 65.7 Å². The van der Waals surface area contributed by atoms with Crippen LogP contribution >= 0.6 is 11.6 Å². The Morgan fingerprint density at radius 2 is 1.68 bits per heavy atom. The van der Waals surface area contributed by atoms with Gasteiger partial charge >= 0.3 is 0 Å².